The Hall–Kier alpha value is -0.0100. The van der Waals surface area contributed by atoms with Crippen LogP contribution in [0.5, 0.6) is 0 Å². The van der Waals surface area contributed by atoms with Crippen molar-refractivity contribution in [2.45, 2.75) is 18.3 Å². The van der Waals surface area contributed by atoms with E-state index >= 15 is 0 Å². The van der Waals surface area contributed by atoms with Gasteiger partial charge in [-0.15, -0.1) is 0 Å². The van der Waals surface area contributed by atoms with E-state index in [9.17, 15) is 0 Å². The van der Waals surface area contributed by atoms with Crippen molar-refractivity contribution in [2.24, 2.45) is 0 Å². The molecule has 2 heteroatoms. The third-order valence-corrected chi connectivity index (χ3v) is 3.96. The van der Waals surface area contributed by atoms with Crippen molar-refractivity contribution in [3.63, 3.8) is 0 Å². The van der Waals surface area contributed by atoms with Crippen LogP contribution in [-0.2, 0) is 5.41 Å². The van der Waals surface area contributed by atoms with E-state index < -0.39 is 0 Å². The van der Waals surface area contributed by atoms with Crippen LogP contribution in [-0.4, -0.2) is 5.33 Å². The molecule has 0 unspecified atom stereocenters. The molecule has 0 saturated heterocycles. The van der Waals surface area contributed by atoms with Crippen molar-refractivity contribution in [3.8, 4) is 0 Å². The second-order valence-electron chi connectivity index (χ2n) is 3.39. The summed E-state index contributed by atoms with van der Waals surface area (Å²) in [4.78, 5) is 0. The van der Waals surface area contributed by atoms with Gasteiger partial charge in [-0.2, -0.15) is 0 Å². The summed E-state index contributed by atoms with van der Waals surface area (Å²) in [5.74, 6) is 0. The van der Waals surface area contributed by atoms with E-state index in [0.29, 0.717) is 5.41 Å². The first-order valence-corrected chi connectivity index (χ1v) is 5.59. The summed E-state index contributed by atoms with van der Waals surface area (Å²) in [6, 6.07) is 8.15. The summed E-state index contributed by atoms with van der Waals surface area (Å²) in [7, 11) is 0. The molecular formula is C10H10BrCl. The van der Waals surface area contributed by atoms with Gasteiger partial charge < -0.3 is 0 Å². The molecular weight excluding hydrogens is 235 g/mol. The van der Waals surface area contributed by atoms with E-state index in [2.05, 4.69) is 28.1 Å². The number of hydrogen-bond donors (Lipinski definition) is 0. The monoisotopic (exact) mass is 244 g/mol. The van der Waals surface area contributed by atoms with Crippen LogP contribution < -0.4 is 0 Å². The van der Waals surface area contributed by atoms with Gasteiger partial charge in [-0.05, 0) is 24.5 Å². The number of rotatable bonds is 2. The molecule has 1 aromatic rings. The van der Waals surface area contributed by atoms with Crippen LogP contribution in [0.2, 0.25) is 5.02 Å². The van der Waals surface area contributed by atoms with Gasteiger partial charge in [0.15, 0.2) is 0 Å². The van der Waals surface area contributed by atoms with Gasteiger partial charge in [-0.1, -0.05) is 45.7 Å². The minimum atomic E-state index is 0.359. The van der Waals surface area contributed by atoms with Crippen molar-refractivity contribution in [1.29, 1.82) is 0 Å². The van der Waals surface area contributed by atoms with Crippen molar-refractivity contribution in [1.82, 2.24) is 0 Å². The first-order chi connectivity index (χ1) is 5.78. The summed E-state index contributed by atoms with van der Waals surface area (Å²) >= 11 is 9.65. The van der Waals surface area contributed by atoms with Crippen LogP contribution in [0.4, 0.5) is 0 Å². The highest BCUT2D eigenvalue weighted by molar-refractivity contribution is 9.09. The summed E-state index contributed by atoms with van der Waals surface area (Å²) in [5, 5.41) is 1.94. The van der Waals surface area contributed by atoms with Crippen molar-refractivity contribution in [3.05, 3.63) is 34.9 Å². The second kappa shape index (κ2) is 3.04. The first kappa shape index (κ1) is 8.58. The van der Waals surface area contributed by atoms with E-state index in [1.54, 1.807) is 0 Å². The predicted molar refractivity (Wildman–Crippen MR) is 56.2 cm³/mol. The average molecular weight is 246 g/mol. The van der Waals surface area contributed by atoms with E-state index in [1.165, 1.54) is 18.4 Å². The smallest absolute Gasteiger partial charge is 0.0443 e. The quantitative estimate of drug-likeness (QED) is 0.696. The van der Waals surface area contributed by atoms with Crippen LogP contribution >= 0.6 is 27.5 Å². The Labute approximate surface area is 86.1 Å². The predicted octanol–water partition coefficient (Wildman–Crippen LogP) is 3.77. The number of benzene rings is 1. The zero-order valence-electron chi connectivity index (χ0n) is 6.69. The molecule has 0 nitrogen and oxygen atoms in total. The fourth-order valence-corrected chi connectivity index (χ4v) is 2.72. The highest BCUT2D eigenvalue weighted by Gasteiger charge is 2.44. The lowest BCUT2D eigenvalue weighted by Gasteiger charge is -2.12. The Kier molecular flexibility index (Phi) is 2.18. The van der Waals surface area contributed by atoms with Gasteiger partial charge in [-0.25, -0.2) is 0 Å². The summed E-state index contributed by atoms with van der Waals surface area (Å²) in [5.41, 5.74) is 1.67. The third-order valence-electron chi connectivity index (χ3n) is 2.55. The van der Waals surface area contributed by atoms with E-state index in [4.69, 9.17) is 11.6 Å². The SMILES string of the molecule is Clc1ccccc1C1(CBr)CC1. The average Bonchev–Trinajstić information content (AvgIpc) is 2.86. The topological polar surface area (TPSA) is 0 Å². The largest absolute Gasteiger partial charge is 0.0918 e. The fraction of sp³-hybridized carbons (Fsp3) is 0.400. The summed E-state index contributed by atoms with van der Waals surface area (Å²) < 4.78 is 0. The molecule has 0 atom stereocenters. The van der Waals surface area contributed by atoms with Gasteiger partial charge in [0, 0.05) is 15.8 Å². The summed E-state index contributed by atoms with van der Waals surface area (Å²) in [6.45, 7) is 0. The molecule has 64 valence electrons. The van der Waals surface area contributed by atoms with E-state index in [-0.39, 0.29) is 0 Å². The Bertz CT molecular complexity index is 292. The van der Waals surface area contributed by atoms with Gasteiger partial charge in [0.05, 0.1) is 0 Å². The molecule has 1 fully saturated rings. The van der Waals surface area contributed by atoms with Crippen LogP contribution in [0.1, 0.15) is 18.4 Å². The first-order valence-electron chi connectivity index (χ1n) is 4.09. The van der Waals surface area contributed by atoms with Crippen molar-refractivity contribution < 1.29 is 0 Å². The zero-order chi connectivity index (χ0) is 8.60. The zero-order valence-corrected chi connectivity index (χ0v) is 9.03. The maximum absolute atomic E-state index is 6.11. The standard InChI is InChI=1S/C10H10BrCl/c11-7-10(5-6-10)8-3-1-2-4-9(8)12/h1-4H,5-7H2. The number of alkyl halides is 1. The lowest BCUT2D eigenvalue weighted by Crippen LogP contribution is -2.07. The third kappa shape index (κ3) is 1.29. The second-order valence-corrected chi connectivity index (χ2v) is 4.36. The molecule has 1 aliphatic carbocycles. The van der Waals surface area contributed by atoms with Crippen molar-refractivity contribution >= 4 is 27.5 Å². The lowest BCUT2D eigenvalue weighted by molar-refractivity contribution is 0.810. The van der Waals surface area contributed by atoms with Crippen LogP contribution in [0.15, 0.2) is 24.3 Å². The minimum absolute atomic E-state index is 0.359. The Morgan fingerprint density at radius 2 is 2.00 bits per heavy atom. The van der Waals surface area contributed by atoms with Gasteiger partial charge in [-0.3, -0.25) is 0 Å². The van der Waals surface area contributed by atoms with Crippen LogP contribution in [0, 0.1) is 0 Å². The highest BCUT2D eigenvalue weighted by atomic mass is 79.9. The number of halogens is 2. The summed E-state index contributed by atoms with van der Waals surface area (Å²) in [6.07, 6.45) is 2.53. The van der Waals surface area contributed by atoms with Crippen molar-refractivity contribution in [2.75, 3.05) is 5.33 Å². The molecule has 0 radical (unpaired) electrons. The molecule has 0 aromatic heterocycles. The van der Waals surface area contributed by atoms with Crippen LogP contribution in [0.25, 0.3) is 0 Å². The molecule has 0 spiro atoms. The maximum atomic E-state index is 6.11. The van der Waals surface area contributed by atoms with Gasteiger partial charge in [0.2, 0.25) is 0 Å². The van der Waals surface area contributed by atoms with Gasteiger partial charge in [0.1, 0.15) is 0 Å². The fourth-order valence-electron chi connectivity index (χ4n) is 1.52. The molecule has 2 rings (SSSR count). The molecule has 1 saturated carbocycles. The molecule has 0 N–H and O–H groups in total. The molecule has 0 heterocycles. The molecule has 1 aliphatic rings. The molecule has 0 amide bonds. The normalized spacial score (nSPS) is 19.2. The number of hydrogen-bond acceptors (Lipinski definition) is 0. The highest BCUT2D eigenvalue weighted by Crippen LogP contribution is 2.51. The molecule has 12 heavy (non-hydrogen) atoms. The van der Waals surface area contributed by atoms with Crippen LogP contribution in [0.3, 0.4) is 0 Å². The lowest BCUT2D eigenvalue weighted by atomic mass is 9.99. The molecule has 1 aromatic carbocycles. The Balaban J connectivity index is 2.40. The van der Waals surface area contributed by atoms with E-state index in [0.717, 1.165) is 10.4 Å². The molecule has 0 bridgehead atoms. The minimum Gasteiger partial charge on any atom is -0.0918 e. The van der Waals surface area contributed by atoms with Gasteiger partial charge in [0.25, 0.3) is 0 Å². The molecule has 0 aliphatic heterocycles. The maximum Gasteiger partial charge on any atom is 0.0443 e. The Morgan fingerprint density at radius 1 is 1.33 bits per heavy atom. The van der Waals surface area contributed by atoms with E-state index in [1.807, 2.05) is 12.1 Å². The van der Waals surface area contributed by atoms with Gasteiger partial charge >= 0.3 is 0 Å². The Morgan fingerprint density at radius 3 is 2.50 bits per heavy atom.